The number of hydrogen-bond acceptors (Lipinski definition) is 2. The van der Waals surface area contributed by atoms with Crippen molar-refractivity contribution in [2.24, 2.45) is 0 Å². The van der Waals surface area contributed by atoms with Crippen LogP contribution in [-0.4, -0.2) is 19.9 Å². The standard InChI is InChI=1S/C26H22N4.C2H6/c1-17-23(19-9-5-3-6-10-19)29-25(27-17)21-13-15-22(16-14-21)26-28-18(2)24(30-26)20-11-7-4-8-12-20;1-2/h3-16H,1-2H3,(H,27,29)(H,28,30);1-2H3. The SMILES string of the molecule is CC.Cc1[nH]c(-c2ccc(-c3nc(-c4ccccc4)c(C)[nH]3)cc2)nc1-c1ccccc1. The molecule has 0 saturated heterocycles. The minimum Gasteiger partial charge on any atom is -0.342 e. The molecule has 2 N–H and O–H groups in total. The zero-order valence-electron chi connectivity index (χ0n) is 19.0. The molecule has 0 amide bonds. The Morgan fingerprint density at radius 1 is 0.469 bits per heavy atom. The Bertz CT molecular complexity index is 1180. The van der Waals surface area contributed by atoms with Gasteiger partial charge in [0.2, 0.25) is 0 Å². The van der Waals surface area contributed by atoms with Crippen LogP contribution in [-0.2, 0) is 0 Å². The third kappa shape index (κ3) is 4.26. The lowest BCUT2D eigenvalue weighted by Crippen LogP contribution is -1.84. The van der Waals surface area contributed by atoms with Gasteiger partial charge in [-0.25, -0.2) is 9.97 Å². The summed E-state index contributed by atoms with van der Waals surface area (Å²) in [5.41, 5.74) is 8.45. The second kappa shape index (κ2) is 9.48. The Balaban J connectivity index is 0.00000119. The van der Waals surface area contributed by atoms with E-state index in [9.17, 15) is 0 Å². The number of imidazole rings is 2. The molecule has 0 unspecified atom stereocenters. The number of aryl methyl sites for hydroxylation is 2. The highest BCUT2D eigenvalue weighted by Gasteiger charge is 2.13. The van der Waals surface area contributed by atoms with Crippen molar-refractivity contribution in [3.63, 3.8) is 0 Å². The van der Waals surface area contributed by atoms with Crippen molar-refractivity contribution in [3.8, 4) is 45.3 Å². The van der Waals surface area contributed by atoms with Gasteiger partial charge in [0.25, 0.3) is 0 Å². The largest absolute Gasteiger partial charge is 0.342 e. The van der Waals surface area contributed by atoms with E-state index in [0.717, 1.165) is 56.7 Å². The van der Waals surface area contributed by atoms with Gasteiger partial charge >= 0.3 is 0 Å². The molecule has 160 valence electrons. The van der Waals surface area contributed by atoms with Gasteiger partial charge in [0.15, 0.2) is 0 Å². The maximum atomic E-state index is 4.83. The topological polar surface area (TPSA) is 57.4 Å². The van der Waals surface area contributed by atoms with Crippen molar-refractivity contribution in [2.45, 2.75) is 27.7 Å². The van der Waals surface area contributed by atoms with E-state index < -0.39 is 0 Å². The third-order valence-corrected chi connectivity index (χ3v) is 5.30. The first-order chi connectivity index (χ1) is 15.7. The van der Waals surface area contributed by atoms with Gasteiger partial charge in [0.05, 0.1) is 11.4 Å². The molecular weight excluding hydrogens is 392 g/mol. The third-order valence-electron chi connectivity index (χ3n) is 5.30. The zero-order chi connectivity index (χ0) is 22.5. The van der Waals surface area contributed by atoms with E-state index in [1.54, 1.807) is 0 Å². The second-order valence-electron chi connectivity index (χ2n) is 7.43. The molecule has 0 radical (unpaired) electrons. The lowest BCUT2D eigenvalue weighted by atomic mass is 10.1. The number of rotatable bonds is 4. The maximum Gasteiger partial charge on any atom is 0.138 e. The molecule has 3 aromatic carbocycles. The van der Waals surface area contributed by atoms with Crippen molar-refractivity contribution in [3.05, 3.63) is 96.3 Å². The first kappa shape index (κ1) is 21.3. The van der Waals surface area contributed by atoms with Crippen LogP contribution >= 0.6 is 0 Å². The highest BCUT2D eigenvalue weighted by molar-refractivity contribution is 5.71. The smallest absolute Gasteiger partial charge is 0.138 e. The van der Waals surface area contributed by atoms with Gasteiger partial charge in [-0.1, -0.05) is 98.8 Å². The number of nitrogens with zero attached hydrogens (tertiary/aromatic N) is 2. The summed E-state index contributed by atoms with van der Waals surface area (Å²) >= 11 is 0. The molecule has 0 fully saturated rings. The summed E-state index contributed by atoms with van der Waals surface area (Å²) in [4.78, 5) is 16.5. The summed E-state index contributed by atoms with van der Waals surface area (Å²) < 4.78 is 0. The Hall–Kier alpha value is -3.92. The Morgan fingerprint density at radius 2 is 0.812 bits per heavy atom. The first-order valence-electron chi connectivity index (χ1n) is 11.0. The van der Waals surface area contributed by atoms with E-state index in [1.807, 2.05) is 50.2 Å². The molecule has 5 rings (SSSR count). The van der Waals surface area contributed by atoms with E-state index in [1.165, 1.54) is 0 Å². The van der Waals surface area contributed by atoms with Gasteiger partial charge in [0.1, 0.15) is 11.6 Å². The number of hydrogen-bond donors (Lipinski definition) is 2. The van der Waals surface area contributed by atoms with Crippen molar-refractivity contribution in [2.75, 3.05) is 0 Å². The molecule has 0 saturated carbocycles. The van der Waals surface area contributed by atoms with Crippen LogP contribution in [0.3, 0.4) is 0 Å². The van der Waals surface area contributed by atoms with Crippen LogP contribution in [0, 0.1) is 13.8 Å². The number of nitrogens with one attached hydrogen (secondary N) is 2. The van der Waals surface area contributed by atoms with Crippen LogP contribution in [0.1, 0.15) is 25.2 Å². The van der Waals surface area contributed by atoms with Crippen LogP contribution < -0.4 is 0 Å². The molecule has 0 aliphatic heterocycles. The van der Waals surface area contributed by atoms with Gasteiger partial charge in [-0.3, -0.25) is 0 Å². The van der Waals surface area contributed by atoms with E-state index in [4.69, 9.17) is 9.97 Å². The number of aromatic amines is 2. The quantitative estimate of drug-likeness (QED) is 0.317. The monoisotopic (exact) mass is 420 g/mol. The average Bonchev–Trinajstić information content (AvgIpc) is 3.44. The predicted octanol–water partition coefficient (Wildman–Crippen LogP) is 7.44. The molecule has 32 heavy (non-hydrogen) atoms. The van der Waals surface area contributed by atoms with Gasteiger partial charge in [0, 0.05) is 33.6 Å². The van der Waals surface area contributed by atoms with Crippen molar-refractivity contribution in [1.29, 1.82) is 0 Å². The molecule has 0 aliphatic carbocycles. The molecular formula is C28H28N4. The van der Waals surface area contributed by atoms with E-state index >= 15 is 0 Å². The fourth-order valence-electron chi connectivity index (χ4n) is 3.73. The number of aromatic nitrogens is 4. The minimum absolute atomic E-state index is 0.874. The zero-order valence-corrected chi connectivity index (χ0v) is 19.0. The van der Waals surface area contributed by atoms with Crippen LogP contribution in [0.2, 0.25) is 0 Å². The highest BCUT2D eigenvalue weighted by Crippen LogP contribution is 2.29. The molecule has 4 nitrogen and oxygen atoms in total. The number of H-pyrrole nitrogens is 2. The molecule has 0 atom stereocenters. The van der Waals surface area contributed by atoms with Gasteiger partial charge in [-0.05, 0) is 13.8 Å². The first-order valence-corrected chi connectivity index (χ1v) is 11.0. The molecule has 4 heteroatoms. The van der Waals surface area contributed by atoms with Gasteiger partial charge < -0.3 is 9.97 Å². The Morgan fingerprint density at radius 3 is 1.16 bits per heavy atom. The fourth-order valence-corrected chi connectivity index (χ4v) is 3.73. The molecule has 0 spiro atoms. The van der Waals surface area contributed by atoms with Gasteiger partial charge in [-0.15, -0.1) is 0 Å². The maximum absolute atomic E-state index is 4.83. The summed E-state index contributed by atoms with van der Waals surface area (Å²) in [5.74, 6) is 1.75. The predicted molar refractivity (Wildman–Crippen MR) is 133 cm³/mol. The Labute approximate surface area is 189 Å². The summed E-state index contributed by atoms with van der Waals surface area (Å²) in [7, 11) is 0. The molecule has 2 heterocycles. The van der Waals surface area contributed by atoms with E-state index in [2.05, 4.69) is 72.3 Å². The van der Waals surface area contributed by atoms with Crippen molar-refractivity contribution in [1.82, 2.24) is 19.9 Å². The highest BCUT2D eigenvalue weighted by atomic mass is 14.9. The molecule has 0 aliphatic rings. The van der Waals surface area contributed by atoms with Gasteiger partial charge in [-0.2, -0.15) is 0 Å². The minimum atomic E-state index is 0.874. The van der Waals surface area contributed by atoms with Crippen LogP contribution in [0.25, 0.3) is 45.3 Å². The second-order valence-corrected chi connectivity index (χ2v) is 7.43. The van der Waals surface area contributed by atoms with Crippen molar-refractivity contribution >= 4 is 0 Å². The molecule has 0 bridgehead atoms. The summed E-state index contributed by atoms with van der Waals surface area (Å²) in [5, 5.41) is 0. The molecule has 2 aromatic heterocycles. The lowest BCUT2D eigenvalue weighted by molar-refractivity contribution is 1.24. The summed E-state index contributed by atoms with van der Waals surface area (Å²) in [6.45, 7) is 8.12. The van der Waals surface area contributed by atoms with E-state index in [-0.39, 0.29) is 0 Å². The Kier molecular flexibility index (Phi) is 6.31. The van der Waals surface area contributed by atoms with Crippen LogP contribution in [0.15, 0.2) is 84.9 Å². The molecule has 5 aromatic rings. The fraction of sp³-hybridized carbons (Fsp3) is 0.143. The van der Waals surface area contributed by atoms with Crippen LogP contribution in [0.5, 0.6) is 0 Å². The van der Waals surface area contributed by atoms with E-state index in [0.29, 0.717) is 0 Å². The summed E-state index contributed by atoms with van der Waals surface area (Å²) in [6.07, 6.45) is 0. The normalized spacial score (nSPS) is 10.5. The number of benzene rings is 3. The van der Waals surface area contributed by atoms with Crippen LogP contribution in [0.4, 0.5) is 0 Å². The summed E-state index contributed by atoms with van der Waals surface area (Å²) in [6, 6.07) is 28.9. The van der Waals surface area contributed by atoms with Crippen molar-refractivity contribution < 1.29 is 0 Å². The average molecular weight is 421 g/mol. The lowest BCUT2D eigenvalue weighted by Gasteiger charge is -2.00.